The average Bonchev–Trinajstić information content (AvgIpc) is 3.00. The summed E-state index contributed by atoms with van der Waals surface area (Å²) in [5.74, 6) is -0.634. The zero-order valence-corrected chi connectivity index (χ0v) is 26.0. The number of pyridine rings is 1. The molecule has 1 fully saturated rings. The Morgan fingerprint density at radius 3 is 2.44 bits per heavy atom. The molecule has 0 radical (unpaired) electrons. The van der Waals surface area contributed by atoms with Crippen LogP contribution < -0.4 is 5.32 Å². The molecule has 4 aromatic rings. The molecular weight excluding hydrogens is 609 g/mol. The predicted octanol–water partition coefficient (Wildman–Crippen LogP) is 6.60. The molecule has 0 aliphatic carbocycles. The second-order valence-electron chi connectivity index (χ2n) is 10.6. The molecule has 11 heteroatoms. The van der Waals surface area contributed by atoms with E-state index in [1.165, 1.54) is 12.0 Å². The molecule has 5 rings (SSSR count). The Balaban J connectivity index is 1.36. The Kier molecular flexibility index (Phi) is 9.25. The molecule has 43 heavy (non-hydrogen) atoms. The van der Waals surface area contributed by atoms with Gasteiger partial charge in [-0.2, -0.15) is 0 Å². The first-order chi connectivity index (χ1) is 20.6. The number of likely N-dealkylation sites (tertiary alicyclic amines) is 1. The molecule has 1 aromatic heterocycles. The fourth-order valence-electron chi connectivity index (χ4n) is 5.33. The lowest BCUT2D eigenvalue weighted by molar-refractivity contribution is -0.142. The Morgan fingerprint density at radius 1 is 1.02 bits per heavy atom. The first kappa shape index (κ1) is 30.8. The molecule has 0 saturated carbocycles. The minimum atomic E-state index is -3.82. The molecule has 2 amide bonds. The van der Waals surface area contributed by atoms with Crippen LogP contribution in [0.5, 0.6) is 0 Å². The van der Waals surface area contributed by atoms with Crippen molar-refractivity contribution in [1.29, 1.82) is 0 Å². The number of benzene rings is 3. The van der Waals surface area contributed by atoms with Crippen molar-refractivity contribution < 1.29 is 22.7 Å². The van der Waals surface area contributed by atoms with Gasteiger partial charge < -0.3 is 15.0 Å². The second-order valence-corrected chi connectivity index (χ2v) is 13.5. The van der Waals surface area contributed by atoms with Gasteiger partial charge in [-0.25, -0.2) is 23.0 Å². The first-order valence-electron chi connectivity index (χ1n) is 13.9. The van der Waals surface area contributed by atoms with Gasteiger partial charge in [-0.3, -0.25) is 0 Å². The highest BCUT2D eigenvalue weighted by Crippen LogP contribution is 2.34. The summed E-state index contributed by atoms with van der Waals surface area (Å²) in [4.78, 5) is 32.5. The lowest BCUT2D eigenvalue weighted by Crippen LogP contribution is -2.55. The quantitative estimate of drug-likeness (QED) is 0.229. The maximum absolute atomic E-state index is 13.5. The Labute approximate surface area is 260 Å². The number of nitrogens with one attached hydrogen (secondary N) is 1. The number of halogens is 2. The van der Waals surface area contributed by atoms with Gasteiger partial charge in [0, 0.05) is 23.9 Å². The summed E-state index contributed by atoms with van der Waals surface area (Å²) in [6.07, 6.45) is 1.78. The van der Waals surface area contributed by atoms with E-state index in [9.17, 15) is 18.0 Å². The number of esters is 1. The lowest BCUT2D eigenvalue weighted by atomic mass is 10.0. The van der Waals surface area contributed by atoms with Crippen LogP contribution in [0.25, 0.3) is 22.2 Å². The molecule has 0 bridgehead atoms. The van der Waals surface area contributed by atoms with Crippen molar-refractivity contribution in [2.24, 2.45) is 0 Å². The third kappa shape index (κ3) is 6.64. The lowest BCUT2D eigenvalue weighted by Gasteiger charge is -2.36. The Bertz CT molecular complexity index is 1760. The molecule has 3 aromatic carbocycles. The number of methoxy groups -OCH3 is 1. The van der Waals surface area contributed by atoms with Gasteiger partial charge in [0.05, 0.1) is 33.3 Å². The van der Waals surface area contributed by atoms with E-state index in [0.717, 1.165) is 16.5 Å². The summed E-state index contributed by atoms with van der Waals surface area (Å²) in [6.45, 7) is 2.14. The standard InChI is InChI=1S/C32H31Cl2N3O5S/c1-20-9-13-23(14-10-20)43(40,41)29-8-3-4-17-37(29)32(39)36-28(31(38)42-2)19-21-11-15-26-22(18-21)12-16-27(35-26)30-24(33)6-5-7-25(30)34/h5-7,9-16,18,28-29H,3-4,8,17,19H2,1-2H3,(H,36,39)/t28?,29-/m0/s1. The van der Waals surface area contributed by atoms with Gasteiger partial charge >= 0.3 is 12.0 Å². The number of fused-ring (bicyclic) bond motifs is 1. The highest BCUT2D eigenvalue weighted by Gasteiger charge is 2.38. The number of ether oxygens (including phenoxy) is 1. The number of aryl methyl sites for hydroxylation is 1. The van der Waals surface area contributed by atoms with Crippen molar-refractivity contribution in [2.75, 3.05) is 13.7 Å². The van der Waals surface area contributed by atoms with Crippen LogP contribution >= 0.6 is 23.2 Å². The van der Waals surface area contributed by atoms with E-state index in [-0.39, 0.29) is 17.9 Å². The van der Waals surface area contributed by atoms with Gasteiger partial charge in [-0.1, -0.05) is 59.1 Å². The number of urea groups is 1. The Morgan fingerprint density at radius 2 is 1.74 bits per heavy atom. The van der Waals surface area contributed by atoms with Crippen LogP contribution in [0.4, 0.5) is 4.79 Å². The number of piperidine rings is 1. The largest absolute Gasteiger partial charge is 0.467 e. The number of carbonyl (C=O) groups is 2. The van der Waals surface area contributed by atoms with Crippen LogP contribution in [0.3, 0.4) is 0 Å². The Hall–Kier alpha value is -3.66. The predicted molar refractivity (Wildman–Crippen MR) is 168 cm³/mol. The molecule has 2 atom stereocenters. The molecule has 2 heterocycles. The number of carbonyl (C=O) groups excluding carboxylic acids is 2. The zero-order chi connectivity index (χ0) is 30.7. The maximum atomic E-state index is 13.5. The summed E-state index contributed by atoms with van der Waals surface area (Å²) < 4.78 is 32.0. The highest BCUT2D eigenvalue weighted by molar-refractivity contribution is 7.92. The molecule has 1 unspecified atom stereocenters. The normalized spacial score (nSPS) is 16.1. The van der Waals surface area contributed by atoms with Gasteiger partial charge in [0.15, 0.2) is 9.84 Å². The molecule has 224 valence electrons. The number of sulfone groups is 1. The van der Waals surface area contributed by atoms with Crippen molar-refractivity contribution in [3.05, 3.63) is 94.0 Å². The van der Waals surface area contributed by atoms with Crippen LogP contribution in [0, 0.1) is 6.92 Å². The van der Waals surface area contributed by atoms with Crippen molar-refractivity contribution >= 4 is 55.9 Å². The van der Waals surface area contributed by atoms with E-state index in [4.69, 9.17) is 32.9 Å². The SMILES string of the molecule is COC(=O)C(Cc1ccc2nc(-c3c(Cl)cccc3Cl)ccc2c1)NC(=O)N1CCCC[C@@H]1S(=O)(=O)c1ccc(C)cc1. The summed E-state index contributed by atoms with van der Waals surface area (Å²) in [5.41, 5.74) is 3.68. The third-order valence-corrected chi connectivity index (χ3v) is 10.4. The molecule has 1 aliphatic rings. The zero-order valence-electron chi connectivity index (χ0n) is 23.7. The van der Waals surface area contributed by atoms with Crippen LogP contribution in [-0.2, 0) is 25.8 Å². The van der Waals surface area contributed by atoms with Crippen LogP contribution in [0.1, 0.15) is 30.4 Å². The second kappa shape index (κ2) is 12.9. The van der Waals surface area contributed by atoms with Crippen LogP contribution in [0.2, 0.25) is 10.0 Å². The topological polar surface area (TPSA) is 106 Å². The van der Waals surface area contributed by atoms with Crippen molar-refractivity contribution in [1.82, 2.24) is 15.2 Å². The van der Waals surface area contributed by atoms with E-state index in [2.05, 4.69) is 5.32 Å². The minimum absolute atomic E-state index is 0.135. The fraction of sp³-hybridized carbons (Fsp3) is 0.281. The maximum Gasteiger partial charge on any atom is 0.328 e. The molecule has 0 spiro atoms. The molecular formula is C32H31Cl2N3O5S. The van der Waals surface area contributed by atoms with Gasteiger partial charge in [0.25, 0.3) is 0 Å². The highest BCUT2D eigenvalue weighted by atomic mass is 35.5. The monoisotopic (exact) mass is 639 g/mol. The van der Waals surface area contributed by atoms with Gasteiger partial charge in [0.1, 0.15) is 11.4 Å². The van der Waals surface area contributed by atoms with E-state index in [0.29, 0.717) is 46.1 Å². The number of aromatic nitrogens is 1. The minimum Gasteiger partial charge on any atom is -0.467 e. The van der Waals surface area contributed by atoms with E-state index in [1.807, 2.05) is 37.3 Å². The molecule has 1 saturated heterocycles. The molecule has 8 nitrogen and oxygen atoms in total. The number of rotatable bonds is 7. The van der Waals surface area contributed by atoms with Crippen LogP contribution in [0.15, 0.2) is 77.7 Å². The van der Waals surface area contributed by atoms with E-state index < -0.39 is 33.3 Å². The summed E-state index contributed by atoms with van der Waals surface area (Å²) in [6, 6.07) is 19.5. The van der Waals surface area contributed by atoms with E-state index in [1.54, 1.807) is 42.5 Å². The summed E-state index contributed by atoms with van der Waals surface area (Å²) in [7, 11) is -2.57. The fourth-order valence-corrected chi connectivity index (χ4v) is 7.76. The summed E-state index contributed by atoms with van der Waals surface area (Å²) in [5, 5.41) is 3.52. The summed E-state index contributed by atoms with van der Waals surface area (Å²) >= 11 is 12.7. The number of hydrogen-bond acceptors (Lipinski definition) is 6. The third-order valence-electron chi connectivity index (χ3n) is 7.61. The van der Waals surface area contributed by atoms with Gasteiger partial charge in [-0.05, 0) is 74.2 Å². The average molecular weight is 641 g/mol. The number of nitrogens with zero attached hydrogens (tertiary/aromatic N) is 2. The molecule has 1 aliphatic heterocycles. The van der Waals surface area contributed by atoms with Crippen LogP contribution in [-0.4, -0.2) is 55.4 Å². The van der Waals surface area contributed by atoms with Gasteiger partial charge in [0.2, 0.25) is 0 Å². The molecule has 1 N–H and O–H groups in total. The first-order valence-corrected chi connectivity index (χ1v) is 16.2. The van der Waals surface area contributed by atoms with Crippen molar-refractivity contribution in [3.63, 3.8) is 0 Å². The van der Waals surface area contributed by atoms with E-state index >= 15 is 0 Å². The number of amides is 2. The van der Waals surface area contributed by atoms with Gasteiger partial charge in [-0.15, -0.1) is 0 Å². The smallest absolute Gasteiger partial charge is 0.328 e. The number of hydrogen-bond donors (Lipinski definition) is 1. The van der Waals surface area contributed by atoms with Crippen molar-refractivity contribution in [2.45, 2.75) is 48.9 Å². The van der Waals surface area contributed by atoms with Crippen molar-refractivity contribution in [3.8, 4) is 11.3 Å².